The molecule has 0 aliphatic carbocycles. The van der Waals surface area contributed by atoms with E-state index < -0.39 is 37.9 Å². The van der Waals surface area contributed by atoms with Gasteiger partial charge in [-0.05, 0) is 54.5 Å². The van der Waals surface area contributed by atoms with Gasteiger partial charge in [0.25, 0.3) is 0 Å². The molecule has 0 spiro atoms. The Labute approximate surface area is 225 Å². The molecular formula is C26H36N2O8S2. The number of methoxy groups -OCH3 is 1. The second-order valence-corrected chi connectivity index (χ2v) is 14.0. The minimum Gasteiger partial charge on any atom is -0.497 e. The van der Waals surface area contributed by atoms with Crippen molar-refractivity contribution in [3.63, 3.8) is 0 Å². The Bertz CT molecular complexity index is 1270. The summed E-state index contributed by atoms with van der Waals surface area (Å²) in [5.74, 6) is -0.134. The second-order valence-electron chi connectivity index (χ2n) is 9.93. The molecule has 1 heterocycles. The molecule has 1 unspecified atom stereocenters. The van der Waals surface area contributed by atoms with Gasteiger partial charge in [0.15, 0.2) is 9.84 Å². The van der Waals surface area contributed by atoms with Crippen molar-refractivity contribution in [2.24, 2.45) is 11.8 Å². The maximum atomic E-state index is 13.9. The molecule has 1 saturated heterocycles. The number of ether oxygens (including phenoxy) is 1. The smallest absolute Gasteiger partial charge is 0.441 e. The van der Waals surface area contributed by atoms with Gasteiger partial charge in [0, 0.05) is 25.7 Å². The van der Waals surface area contributed by atoms with Crippen molar-refractivity contribution in [2.45, 2.75) is 44.2 Å². The molecule has 38 heavy (non-hydrogen) atoms. The Morgan fingerprint density at radius 2 is 1.76 bits per heavy atom. The van der Waals surface area contributed by atoms with Crippen LogP contribution >= 0.6 is 0 Å². The van der Waals surface area contributed by atoms with E-state index >= 15 is 0 Å². The SMILES string of the molecule is COc1ccc(S(=O)(=O)N(CC(C)C)[C@@H](CCN(Cc2ccccc2)C(=O)OO)C2CCS(=O)(=O)C2)cc1. The van der Waals surface area contributed by atoms with Crippen molar-refractivity contribution >= 4 is 26.0 Å². The number of sulfone groups is 1. The van der Waals surface area contributed by atoms with Crippen molar-refractivity contribution in [3.8, 4) is 5.75 Å². The van der Waals surface area contributed by atoms with Crippen LogP contribution in [0.15, 0.2) is 59.5 Å². The first kappa shape index (κ1) is 29.9. The maximum Gasteiger partial charge on any atom is 0.441 e. The summed E-state index contributed by atoms with van der Waals surface area (Å²) in [4.78, 5) is 17.7. The lowest BCUT2D eigenvalue weighted by atomic mass is 9.95. The fourth-order valence-corrected chi connectivity index (χ4v) is 8.53. The van der Waals surface area contributed by atoms with Crippen molar-refractivity contribution in [1.29, 1.82) is 0 Å². The van der Waals surface area contributed by atoms with E-state index in [0.29, 0.717) is 12.2 Å². The minimum atomic E-state index is -4.03. The number of benzene rings is 2. The number of carbonyl (C=O) groups is 1. The zero-order valence-electron chi connectivity index (χ0n) is 21.9. The summed E-state index contributed by atoms with van der Waals surface area (Å²) in [6.07, 6.45) is -0.493. The van der Waals surface area contributed by atoms with E-state index in [1.807, 2.05) is 44.2 Å². The fraction of sp³-hybridized carbons (Fsp3) is 0.500. The van der Waals surface area contributed by atoms with Gasteiger partial charge in [-0.1, -0.05) is 44.2 Å². The molecule has 2 atom stereocenters. The fourth-order valence-electron chi connectivity index (χ4n) is 4.78. The summed E-state index contributed by atoms with van der Waals surface area (Å²) >= 11 is 0. The van der Waals surface area contributed by atoms with Crippen molar-refractivity contribution < 1.29 is 36.5 Å². The van der Waals surface area contributed by atoms with Crippen LogP contribution < -0.4 is 4.74 Å². The van der Waals surface area contributed by atoms with Crippen LogP contribution in [0.1, 0.15) is 32.3 Å². The molecule has 210 valence electrons. The van der Waals surface area contributed by atoms with Gasteiger partial charge in [0.2, 0.25) is 10.0 Å². The Kier molecular flexibility index (Phi) is 10.2. The molecule has 1 aliphatic heterocycles. The number of hydrogen-bond donors (Lipinski definition) is 1. The molecule has 1 N–H and O–H groups in total. The van der Waals surface area contributed by atoms with E-state index in [2.05, 4.69) is 4.89 Å². The number of rotatable bonds is 12. The Morgan fingerprint density at radius 3 is 2.29 bits per heavy atom. The summed E-state index contributed by atoms with van der Waals surface area (Å²) < 4.78 is 59.3. The predicted molar refractivity (Wildman–Crippen MR) is 143 cm³/mol. The van der Waals surface area contributed by atoms with E-state index in [1.165, 1.54) is 28.4 Å². The van der Waals surface area contributed by atoms with E-state index in [0.717, 1.165) is 5.56 Å². The minimum absolute atomic E-state index is 0.0152. The highest BCUT2D eigenvalue weighted by Gasteiger charge is 2.41. The molecule has 2 aromatic rings. The third kappa shape index (κ3) is 7.68. The van der Waals surface area contributed by atoms with Gasteiger partial charge in [-0.25, -0.2) is 21.6 Å². The molecule has 2 aromatic carbocycles. The summed E-state index contributed by atoms with van der Waals surface area (Å²) in [6.45, 7) is 4.12. The summed E-state index contributed by atoms with van der Waals surface area (Å²) in [5.41, 5.74) is 0.794. The van der Waals surface area contributed by atoms with E-state index in [4.69, 9.17) is 9.99 Å². The standard InChI is InChI=1S/C26H36N2O8S2/c1-20(2)17-28(38(33,34)24-11-9-23(35-3)10-12-24)25(22-14-16-37(31,32)19-22)13-15-27(26(29)36-30)18-21-7-5-4-6-8-21/h4-12,20,22,25,30H,13-19H2,1-3H3/t22?,25-/m0/s1. The van der Waals surface area contributed by atoms with Gasteiger partial charge >= 0.3 is 6.09 Å². The Balaban J connectivity index is 1.97. The number of sulfonamides is 1. The van der Waals surface area contributed by atoms with Crippen LogP contribution in [0.5, 0.6) is 5.75 Å². The predicted octanol–water partition coefficient (Wildman–Crippen LogP) is 3.65. The lowest BCUT2D eigenvalue weighted by Crippen LogP contribution is -2.48. The third-order valence-corrected chi connectivity index (χ3v) is 10.3. The quantitative estimate of drug-likeness (QED) is 0.303. The van der Waals surface area contributed by atoms with Gasteiger partial charge in [-0.15, -0.1) is 0 Å². The number of nitrogens with zero attached hydrogens (tertiary/aromatic N) is 2. The maximum absolute atomic E-state index is 13.9. The molecule has 1 amide bonds. The van der Waals surface area contributed by atoms with Crippen LogP contribution in [0.25, 0.3) is 0 Å². The zero-order chi connectivity index (χ0) is 27.9. The summed E-state index contributed by atoms with van der Waals surface area (Å²) in [5, 5.41) is 9.09. The second kappa shape index (κ2) is 12.9. The third-order valence-electron chi connectivity index (χ3n) is 6.64. The van der Waals surface area contributed by atoms with E-state index in [1.54, 1.807) is 12.1 Å². The first-order valence-electron chi connectivity index (χ1n) is 12.5. The van der Waals surface area contributed by atoms with Crippen molar-refractivity contribution in [1.82, 2.24) is 9.21 Å². The van der Waals surface area contributed by atoms with E-state index in [9.17, 15) is 21.6 Å². The lowest BCUT2D eigenvalue weighted by molar-refractivity contribution is -0.188. The van der Waals surface area contributed by atoms with E-state index in [-0.39, 0.29) is 48.4 Å². The molecular weight excluding hydrogens is 532 g/mol. The zero-order valence-corrected chi connectivity index (χ0v) is 23.5. The largest absolute Gasteiger partial charge is 0.497 e. The Hall–Kier alpha value is -2.67. The van der Waals surface area contributed by atoms with Crippen molar-refractivity contribution in [2.75, 3.05) is 31.7 Å². The van der Waals surface area contributed by atoms with Crippen molar-refractivity contribution in [3.05, 3.63) is 60.2 Å². The average molecular weight is 569 g/mol. The molecule has 0 aromatic heterocycles. The molecule has 0 bridgehead atoms. The molecule has 3 rings (SSSR count). The van der Waals surface area contributed by atoms with Crippen LogP contribution in [0, 0.1) is 11.8 Å². The van der Waals surface area contributed by atoms with Gasteiger partial charge < -0.3 is 9.64 Å². The van der Waals surface area contributed by atoms with Crippen LogP contribution in [0.4, 0.5) is 4.79 Å². The first-order valence-corrected chi connectivity index (χ1v) is 15.7. The first-order chi connectivity index (χ1) is 18.0. The highest BCUT2D eigenvalue weighted by atomic mass is 32.2. The average Bonchev–Trinajstić information content (AvgIpc) is 3.26. The molecule has 0 radical (unpaired) electrons. The van der Waals surface area contributed by atoms with Gasteiger partial charge in [0.05, 0.1) is 23.5 Å². The number of carbonyl (C=O) groups excluding carboxylic acids is 1. The lowest BCUT2D eigenvalue weighted by Gasteiger charge is -2.36. The molecule has 1 fully saturated rings. The van der Waals surface area contributed by atoms with Crippen LogP contribution in [0.2, 0.25) is 0 Å². The van der Waals surface area contributed by atoms with Gasteiger partial charge in [0.1, 0.15) is 5.75 Å². The summed E-state index contributed by atoms with van der Waals surface area (Å²) in [6, 6.07) is 14.5. The Morgan fingerprint density at radius 1 is 1.11 bits per heavy atom. The normalized spacial score (nSPS) is 17.9. The molecule has 10 nitrogen and oxygen atoms in total. The highest BCUT2D eigenvalue weighted by Crippen LogP contribution is 2.32. The van der Waals surface area contributed by atoms with Crippen LogP contribution in [-0.4, -0.2) is 75.1 Å². The number of hydrogen-bond acceptors (Lipinski definition) is 8. The highest BCUT2D eigenvalue weighted by molar-refractivity contribution is 7.91. The molecule has 0 saturated carbocycles. The molecule has 12 heteroatoms. The molecule has 1 aliphatic rings. The van der Waals surface area contributed by atoms with Crippen LogP contribution in [0.3, 0.4) is 0 Å². The van der Waals surface area contributed by atoms with Gasteiger partial charge in [-0.2, -0.15) is 9.56 Å². The monoisotopic (exact) mass is 568 g/mol. The van der Waals surface area contributed by atoms with Crippen LogP contribution in [-0.2, 0) is 31.3 Å². The topological polar surface area (TPSA) is 131 Å². The number of amides is 1. The van der Waals surface area contributed by atoms with Gasteiger partial charge in [-0.3, -0.25) is 4.89 Å². The summed E-state index contributed by atoms with van der Waals surface area (Å²) in [7, 11) is -5.85.